The van der Waals surface area contributed by atoms with Gasteiger partial charge in [0.1, 0.15) is 11.9 Å². The molecule has 0 saturated heterocycles. The second-order valence-corrected chi connectivity index (χ2v) is 10.4. The number of aryl methyl sites for hydroxylation is 1. The van der Waals surface area contributed by atoms with E-state index in [-0.39, 0.29) is 36.4 Å². The number of ether oxygens (including phenoxy) is 1. The van der Waals surface area contributed by atoms with Crippen LogP contribution in [-0.4, -0.2) is 52.7 Å². The van der Waals surface area contributed by atoms with E-state index in [0.717, 1.165) is 67.0 Å². The summed E-state index contributed by atoms with van der Waals surface area (Å²) in [5.41, 5.74) is 9.43. The van der Waals surface area contributed by atoms with Crippen LogP contribution in [0.15, 0.2) is 36.3 Å². The second kappa shape index (κ2) is 12.4. The van der Waals surface area contributed by atoms with Crippen LogP contribution in [0.1, 0.15) is 68.3 Å². The Morgan fingerprint density at radius 3 is 2.56 bits per heavy atom. The number of nitrogens with two attached hydrogens (primary N) is 1. The van der Waals surface area contributed by atoms with Crippen LogP contribution in [0.5, 0.6) is 0 Å². The first-order chi connectivity index (χ1) is 18.7. The normalized spacial score (nSPS) is 21.1. The molecule has 1 aromatic carbocycles. The van der Waals surface area contributed by atoms with Gasteiger partial charge < -0.3 is 30.6 Å². The summed E-state index contributed by atoms with van der Waals surface area (Å²) in [7, 11) is 1.93. The molecule has 1 saturated carbocycles. The molecule has 1 aromatic heterocycles. The van der Waals surface area contributed by atoms with Crippen LogP contribution in [0.2, 0.25) is 0 Å². The van der Waals surface area contributed by atoms with Crippen LogP contribution < -0.4 is 21.3 Å². The van der Waals surface area contributed by atoms with Crippen LogP contribution >= 0.6 is 0 Å². The molecule has 10 nitrogen and oxygen atoms in total. The largest absolute Gasteiger partial charge is 0.446 e. The lowest BCUT2D eigenvalue weighted by molar-refractivity contribution is -0.124. The van der Waals surface area contributed by atoms with Gasteiger partial charge in [0, 0.05) is 61.1 Å². The summed E-state index contributed by atoms with van der Waals surface area (Å²) in [6.07, 6.45) is 9.35. The Bertz CT molecular complexity index is 1240. The average Bonchev–Trinajstić information content (AvgIpc) is 3.35. The first-order valence-corrected chi connectivity index (χ1v) is 13.8. The fraction of sp³-hybridized carbons (Fsp3) is 0.517. The summed E-state index contributed by atoms with van der Waals surface area (Å²) in [6.45, 7) is 7.11. The minimum Gasteiger partial charge on any atom is -0.446 e. The first-order valence-electron chi connectivity index (χ1n) is 13.8. The maximum Gasteiger partial charge on any atom is 0.404 e. The lowest BCUT2D eigenvalue weighted by atomic mass is 9.90. The second-order valence-electron chi connectivity index (χ2n) is 10.4. The van der Waals surface area contributed by atoms with Gasteiger partial charge in [0.05, 0.1) is 5.92 Å². The topological polar surface area (TPSA) is 132 Å². The highest BCUT2D eigenvalue weighted by Crippen LogP contribution is 2.35. The maximum atomic E-state index is 13.6. The minimum atomic E-state index is -0.729. The molecule has 1 aliphatic carbocycles. The van der Waals surface area contributed by atoms with E-state index in [2.05, 4.69) is 33.5 Å². The van der Waals surface area contributed by atoms with Gasteiger partial charge in [-0.15, -0.1) is 0 Å². The Hall–Kier alpha value is -3.82. The highest BCUT2D eigenvalue weighted by molar-refractivity contribution is 5.99. The zero-order valence-electron chi connectivity index (χ0n) is 23.3. The van der Waals surface area contributed by atoms with Gasteiger partial charge in [-0.2, -0.15) is 0 Å². The number of primary amides is 1. The van der Waals surface area contributed by atoms with Gasteiger partial charge in [-0.3, -0.25) is 9.59 Å². The van der Waals surface area contributed by atoms with Gasteiger partial charge in [-0.05, 0) is 70.1 Å². The predicted octanol–water partition coefficient (Wildman–Crippen LogP) is 3.79. The van der Waals surface area contributed by atoms with Crippen molar-refractivity contribution in [1.29, 1.82) is 0 Å². The van der Waals surface area contributed by atoms with Crippen molar-refractivity contribution in [1.82, 2.24) is 20.2 Å². The number of carbonyl (C=O) groups is 3. The lowest BCUT2D eigenvalue weighted by Gasteiger charge is -2.38. The number of carbonyl (C=O) groups excluding carboxylic acids is 3. The Morgan fingerprint density at radius 1 is 1.23 bits per heavy atom. The predicted molar refractivity (Wildman–Crippen MR) is 150 cm³/mol. The van der Waals surface area contributed by atoms with Gasteiger partial charge in [-0.25, -0.2) is 9.78 Å². The number of nitrogens with zero attached hydrogens (tertiary/aromatic N) is 3. The molecule has 1 unspecified atom stereocenters. The van der Waals surface area contributed by atoms with E-state index >= 15 is 0 Å². The number of hydrogen-bond donors (Lipinski definition) is 3. The molecule has 1 fully saturated rings. The fourth-order valence-corrected chi connectivity index (χ4v) is 5.69. The van der Waals surface area contributed by atoms with Gasteiger partial charge in [0.2, 0.25) is 5.91 Å². The molecule has 4 rings (SSSR count). The molecule has 2 aliphatic rings. The van der Waals surface area contributed by atoms with Crippen LogP contribution in [0.25, 0.3) is 11.4 Å². The molecular formula is C29H40N6O4. The molecule has 4 N–H and O–H groups in total. The monoisotopic (exact) mass is 536 g/mol. The summed E-state index contributed by atoms with van der Waals surface area (Å²) < 4.78 is 7.17. The number of benzene rings is 1. The zero-order chi connectivity index (χ0) is 28.1. The van der Waals surface area contributed by atoms with Crippen molar-refractivity contribution >= 4 is 23.6 Å². The van der Waals surface area contributed by atoms with Gasteiger partial charge >= 0.3 is 6.09 Å². The summed E-state index contributed by atoms with van der Waals surface area (Å²) in [4.78, 5) is 44.1. The van der Waals surface area contributed by atoms with E-state index in [1.54, 1.807) is 6.20 Å². The van der Waals surface area contributed by atoms with Crippen molar-refractivity contribution in [2.45, 2.75) is 71.4 Å². The molecular weight excluding hydrogens is 496 g/mol. The molecule has 0 radical (unpaired) electrons. The quantitative estimate of drug-likeness (QED) is 0.447. The van der Waals surface area contributed by atoms with Gasteiger partial charge in [-0.1, -0.05) is 13.0 Å². The van der Waals surface area contributed by atoms with E-state index < -0.39 is 6.09 Å². The molecule has 10 heteroatoms. The third kappa shape index (κ3) is 6.43. The van der Waals surface area contributed by atoms with E-state index in [1.165, 1.54) is 0 Å². The van der Waals surface area contributed by atoms with E-state index in [9.17, 15) is 14.4 Å². The number of aromatic nitrogens is 2. The van der Waals surface area contributed by atoms with Gasteiger partial charge in [0.15, 0.2) is 0 Å². The molecule has 3 amide bonds. The number of rotatable bonds is 9. The molecule has 1 aliphatic heterocycles. The highest BCUT2D eigenvalue weighted by Gasteiger charge is 2.30. The maximum absolute atomic E-state index is 13.6. The number of hydrogen-bond acceptors (Lipinski definition) is 6. The summed E-state index contributed by atoms with van der Waals surface area (Å²) in [6, 6.07) is 4.23. The summed E-state index contributed by atoms with van der Waals surface area (Å²) in [5.74, 6) is 0.204. The summed E-state index contributed by atoms with van der Waals surface area (Å²) in [5, 5.41) is 5.94. The molecule has 1 atom stereocenters. The van der Waals surface area contributed by atoms with Crippen molar-refractivity contribution in [2.24, 2.45) is 18.7 Å². The Morgan fingerprint density at radius 2 is 1.97 bits per heavy atom. The fourth-order valence-electron chi connectivity index (χ4n) is 5.69. The number of imidazole rings is 1. The molecule has 0 bridgehead atoms. The average molecular weight is 537 g/mol. The molecule has 39 heavy (non-hydrogen) atoms. The first kappa shape index (κ1) is 28.2. The molecule has 0 spiro atoms. The third-order valence-electron chi connectivity index (χ3n) is 7.91. The zero-order valence-corrected chi connectivity index (χ0v) is 23.3. The smallest absolute Gasteiger partial charge is 0.404 e. The number of allylic oxidation sites excluding steroid dienone is 2. The van der Waals surface area contributed by atoms with Crippen LogP contribution in [0.4, 0.5) is 10.5 Å². The van der Waals surface area contributed by atoms with E-state index in [4.69, 9.17) is 10.5 Å². The van der Waals surface area contributed by atoms with Crippen molar-refractivity contribution in [2.75, 3.05) is 18.0 Å². The van der Waals surface area contributed by atoms with Crippen molar-refractivity contribution < 1.29 is 19.1 Å². The van der Waals surface area contributed by atoms with Gasteiger partial charge in [0.25, 0.3) is 5.91 Å². The SMILES string of the molecule is CCC1=CCC(CNC(=O)c2cc(-c3nccn3C)cc(N(CC)C3CCC(OC(N)=O)CC3)c2C)C(=O)N1. The Kier molecular flexibility index (Phi) is 8.93. The van der Waals surface area contributed by atoms with Crippen molar-refractivity contribution in [3.63, 3.8) is 0 Å². The standard InChI is InChI=1S/C29H40N6O4/c1-5-21-8-7-19(27(36)33-21)17-32-28(37)24-15-20(26-31-13-14-34(26)4)16-25(18(24)3)35(6-2)22-9-11-23(12-10-22)39-29(30)38/h8,13-16,19,22-23H,5-7,9-12,17H2,1-4H3,(H2,30,38)(H,32,37)(H,33,36). The van der Waals surface area contributed by atoms with Crippen LogP contribution in [0, 0.1) is 12.8 Å². The number of anilines is 1. The molecule has 2 aromatic rings. The summed E-state index contributed by atoms with van der Waals surface area (Å²) >= 11 is 0. The van der Waals surface area contributed by atoms with E-state index in [1.807, 2.05) is 43.8 Å². The Balaban J connectivity index is 1.60. The number of nitrogens with one attached hydrogen (secondary N) is 2. The van der Waals surface area contributed by atoms with Crippen molar-refractivity contribution in [3.05, 3.63) is 47.4 Å². The number of amides is 3. The third-order valence-corrected chi connectivity index (χ3v) is 7.91. The highest BCUT2D eigenvalue weighted by atomic mass is 16.6. The minimum absolute atomic E-state index is 0.0538. The van der Waals surface area contributed by atoms with E-state index in [0.29, 0.717) is 12.0 Å². The molecule has 2 heterocycles. The Labute approximate surface area is 230 Å². The molecule has 210 valence electrons. The van der Waals surface area contributed by atoms with Crippen molar-refractivity contribution in [3.8, 4) is 11.4 Å². The lowest BCUT2D eigenvalue weighted by Crippen LogP contribution is -2.41. The van der Waals surface area contributed by atoms with Crippen LogP contribution in [0.3, 0.4) is 0 Å². The van der Waals surface area contributed by atoms with Crippen LogP contribution in [-0.2, 0) is 16.6 Å².